The van der Waals surface area contributed by atoms with Gasteiger partial charge in [-0.3, -0.25) is 15.1 Å². The molecule has 0 fully saturated rings. The molecule has 1 N–H and O–H groups in total. The Morgan fingerprint density at radius 2 is 1.95 bits per heavy atom. The van der Waals surface area contributed by atoms with E-state index in [2.05, 4.69) is 18.8 Å². The Labute approximate surface area is 156 Å². The van der Waals surface area contributed by atoms with Gasteiger partial charge in [-0.25, -0.2) is 8.42 Å². The number of carbonyl (C=O) groups is 1. The third-order valence-electron chi connectivity index (χ3n) is 2.89. The predicted molar refractivity (Wildman–Crippen MR) is 79.1 cm³/mol. The third-order valence-corrected chi connectivity index (χ3v) is 4.71. The van der Waals surface area contributed by atoms with Gasteiger partial charge in [0.25, 0.3) is 0 Å². The molecule has 22 heavy (non-hydrogen) atoms. The molecule has 0 saturated heterocycles. The molecular formula is C15H18NO4SY-. The van der Waals surface area contributed by atoms with E-state index >= 15 is 0 Å². The first kappa shape index (κ1) is 21.3. The molecule has 117 valence electrons. The summed E-state index contributed by atoms with van der Waals surface area (Å²) in [5, 5.41) is 9.37. The van der Waals surface area contributed by atoms with Crippen LogP contribution in [0.3, 0.4) is 0 Å². The zero-order valence-corrected chi connectivity index (χ0v) is 16.1. The molecule has 0 bridgehead atoms. The Morgan fingerprint density at radius 3 is 2.45 bits per heavy atom. The number of hydrogen-bond donors (Lipinski definition) is 1. The Kier molecular flexibility index (Phi) is 9.78. The maximum atomic E-state index is 12.1. The van der Waals surface area contributed by atoms with Gasteiger partial charge < -0.3 is 6.92 Å². The number of amides is 1. The third kappa shape index (κ3) is 6.57. The van der Waals surface area contributed by atoms with Crippen LogP contribution >= 0.6 is 0 Å². The first-order chi connectivity index (χ1) is 9.90. The molecule has 0 aliphatic rings. The van der Waals surface area contributed by atoms with Crippen LogP contribution in [0.2, 0.25) is 0 Å². The fraction of sp³-hybridized carbons (Fsp3) is 0.333. The molecule has 7 heteroatoms. The molecule has 1 rings (SSSR count). The normalized spacial score (nSPS) is 11.6. The quantitative estimate of drug-likeness (QED) is 0.249. The van der Waals surface area contributed by atoms with Gasteiger partial charge >= 0.3 is 0 Å². The standard InChI is InChI=1S/C15H18NO4S.Y/c1-3-4-5-6-14-7-9-15(10-8-14)21(19,20)11-13(2)16(18)12-17;/h7-10,12-13,18H,2,5-6,11H2,1H3;/q-1;. The first-order valence-corrected chi connectivity index (χ1v) is 8.03. The molecule has 0 aromatic heterocycles. The zero-order chi connectivity index (χ0) is 15.9. The van der Waals surface area contributed by atoms with Crippen molar-refractivity contribution in [2.75, 3.05) is 5.75 Å². The van der Waals surface area contributed by atoms with E-state index in [4.69, 9.17) is 5.21 Å². The SMILES string of the molecule is [CH2-]C(CS(=O)(=O)c1ccc(CCC#CC)cc1)N(O)C=O.[Y]. The summed E-state index contributed by atoms with van der Waals surface area (Å²) in [6.07, 6.45) is 1.61. The van der Waals surface area contributed by atoms with Crippen molar-refractivity contribution in [1.29, 1.82) is 0 Å². The summed E-state index contributed by atoms with van der Waals surface area (Å²) < 4.78 is 24.2. The number of carbonyl (C=O) groups excluding carboxylic acids is 1. The summed E-state index contributed by atoms with van der Waals surface area (Å²) in [6, 6.07) is 5.45. The maximum absolute atomic E-state index is 12.1. The van der Waals surface area contributed by atoms with Gasteiger partial charge in [-0.2, -0.15) is 0 Å². The molecule has 1 aromatic carbocycles. The van der Waals surface area contributed by atoms with Crippen LogP contribution in [0.15, 0.2) is 29.2 Å². The predicted octanol–water partition coefficient (Wildman–Crippen LogP) is 1.46. The second kappa shape index (κ2) is 10.1. The van der Waals surface area contributed by atoms with E-state index in [-0.39, 0.29) is 49.1 Å². The second-order valence-electron chi connectivity index (χ2n) is 4.49. The van der Waals surface area contributed by atoms with Crippen LogP contribution in [0.5, 0.6) is 0 Å². The summed E-state index contributed by atoms with van der Waals surface area (Å²) in [5.74, 6) is 5.30. The van der Waals surface area contributed by atoms with Crippen LogP contribution in [-0.2, 0) is 53.8 Å². The van der Waals surface area contributed by atoms with Crippen molar-refractivity contribution in [1.82, 2.24) is 5.06 Å². The molecule has 0 saturated carbocycles. The number of hydrogen-bond acceptors (Lipinski definition) is 4. The minimum absolute atomic E-state index is 0. The van der Waals surface area contributed by atoms with Crippen molar-refractivity contribution in [2.45, 2.75) is 30.7 Å². The van der Waals surface area contributed by atoms with E-state index in [1.807, 2.05) is 0 Å². The molecule has 1 atom stereocenters. The first-order valence-electron chi connectivity index (χ1n) is 6.37. The van der Waals surface area contributed by atoms with Gasteiger partial charge in [-0.05, 0) is 31.0 Å². The van der Waals surface area contributed by atoms with Gasteiger partial charge in [0.05, 0.1) is 4.90 Å². The van der Waals surface area contributed by atoms with Crippen molar-refractivity contribution >= 4 is 16.2 Å². The topological polar surface area (TPSA) is 74.7 Å². The summed E-state index contributed by atoms with van der Waals surface area (Å²) in [7, 11) is -3.61. The largest absolute Gasteiger partial charge is 0.318 e. The fourth-order valence-corrected chi connectivity index (χ4v) is 3.11. The minimum atomic E-state index is -3.61. The Morgan fingerprint density at radius 1 is 1.36 bits per heavy atom. The molecule has 1 aromatic rings. The van der Waals surface area contributed by atoms with Crippen molar-refractivity contribution in [2.24, 2.45) is 0 Å². The maximum Gasteiger partial charge on any atom is 0.230 e. The van der Waals surface area contributed by atoms with Crippen LogP contribution in [0.25, 0.3) is 0 Å². The van der Waals surface area contributed by atoms with Gasteiger partial charge in [-0.15, -0.1) is 11.8 Å². The molecule has 1 radical (unpaired) electrons. The Hall–Kier alpha value is -0.736. The van der Waals surface area contributed by atoms with Crippen molar-refractivity contribution in [3.05, 3.63) is 36.8 Å². The molecule has 1 unspecified atom stereocenters. The Balaban J connectivity index is 0.00000441. The van der Waals surface area contributed by atoms with E-state index in [9.17, 15) is 13.2 Å². The molecule has 0 aliphatic heterocycles. The number of nitrogens with zero attached hydrogens (tertiary/aromatic N) is 1. The van der Waals surface area contributed by atoms with Gasteiger partial charge in [-0.1, -0.05) is 18.2 Å². The number of aryl methyl sites for hydroxylation is 1. The summed E-state index contributed by atoms with van der Waals surface area (Å²) >= 11 is 0. The van der Waals surface area contributed by atoms with Crippen LogP contribution in [0.1, 0.15) is 18.9 Å². The minimum Gasteiger partial charge on any atom is -0.318 e. The van der Waals surface area contributed by atoms with Crippen molar-refractivity contribution in [3.8, 4) is 11.8 Å². The second-order valence-corrected chi connectivity index (χ2v) is 6.53. The van der Waals surface area contributed by atoms with Crippen molar-refractivity contribution in [3.63, 3.8) is 0 Å². The van der Waals surface area contributed by atoms with E-state index in [1.54, 1.807) is 19.1 Å². The molecule has 0 heterocycles. The van der Waals surface area contributed by atoms with Gasteiger partial charge in [0.2, 0.25) is 6.41 Å². The van der Waals surface area contributed by atoms with E-state index < -0.39 is 21.6 Å². The van der Waals surface area contributed by atoms with E-state index in [0.29, 0.717) is 0 Å². The monoisotopic (exact) mass is 397 g/mol. The molecule has 1 amide bonds. The van der Waals surface area contributed by atoms with E-state index in [1.165, 1.54) is 12.1 Å². The number of hydroxylamine groups is 2. The van der Waals surface area contributed by atoms with Crippen LogP contribution in [0, 0.1) is 18.8 Å². The number of rotatable bonds is 7. The molecule has 5 nitrogen and oxygen atoms in total. The molecule has 0 spiro atoms. The number of benzene rings is 1. The van der Waals surface area contributed by atoms with Crippen LogP contribution < -0.4 is 0 Å². The summed E-state index contributed by atoms with van der Waals surface area (Å²) in [5.41, 5.74) is 1.000. The molecular weight excluding hydrogens is 379 g/mol. The Bertz CT molecular complexity index is 632. The average Bonchev–Trinajstić information content (AvgIpc) is 2.46. The summed E-state index contributed by atoms with van der Waals surface area (Å²) in [4.78, 5) is 10.5. The van der Waals surface area contributed by atoms with Gasteiger partial charge in [0, 0.05) is 44.9 Å². The van der Waals surface area contributed by atoms with Gasteiger partial charge in [0.1, 0.15) is 0 Å². The fourth-order valence-electron chi connectivity index (χ4n) is 1.71. The molecule has 0 aliphatic carbocycles. The van der Waals surface area contributed by atoms with Crippen LogP contribution in [0.4, 0.5) is 0 Å². The average molecular weight is 397 g/mol. The van der Waals surface area contributed by atoms with E-state index in [0.717, 1.165) is 18.4 Å². The van der Waals surface area contributed by atoms with Crippen molar-refractivity contribution < 1.29 is 51.1 Å². The van der Waals surface area contributed by atoms with Crippen LogP contribution in [-0.4, -0.2) is 36.9 Å². The smallest absolute Gasteiger partial charge is 0.230 e. The number of sulfone groups is 1. The zero-order valence-electron chi connectivity index (χ0n) is 12.4. The van der Waals surface area contributed by atoms with Gasteiger partial charge in [0.15, 0.2) is 9.84 Å². The summed E-state index contributed by atoms with van der Waals surface area (Å²) in [6.45, 7) is 5.21.